The van der Waals surface area contributed by atoms with Crippen LogP contribution in [0.25, 0.3) is 0 Å². The van der Waals surface area contributed by atoms with Crippen molar-refractivity contribution in [2.24, 2.45) is 0 Å². The van der Waals surface area contributed by atoms with Gasteiger partial charge in [-0.1, -0.05) is 6.42 Å². The third-order valence-electron chi connectivity index (χ3n) is 2.31. The van der Waals surface area contributed by atoms with Crippen LogP contribution in [-0.2, 0) is 0 Å². The van der Waals surface area contributed by atoms with Crippen molar-refractivity contribution in [3.8, 4) is 0 Å². The van der Waals surface area contributed by atoms with Crippen LogP contribution in [0.1, 0.15) is 32.1 Å². The summed E-state index contributed by atoms with van der Waals surface area (Å²) in [7, 11) is 0. The van der Waals surface area contributed by atoms with Gasteiger partial charge in [0.25, 0.3) is 0 Å². The Morgan fingerprint density at radius 1 is 1.00 bits per heavy atom. The topological polar surface area (TPSA) is 3.24 Å². The number of likely N-dealkylation sites (tertiary alicyclic amines) is 1. The predicted molar refractivity (Wildman–Crippen MR) is 57.5 cm³/mol. The number of hydrogen-bond acceptors (Lipinski definition) is 1. The summed E-state index contributed by atoms with van der Waals surface area (Å²) in [5, 5.41) is 0. The normalized spacial score (nSPS) is 18.8. The minimum atomic E-state index is 0. The summed E-state index contributed by atoms with van der Waals surface area (Å²) in [6.07, 6.45) is 6.70. The maximum absolute atomic E-state index is 5.60. The quantitative estimate of drug-likeness (QED) is 0.511. The van der Waals surface area contributed by atoms with Crippen LogP contribution in [-0.4, -0.2) is 30.4 Å². The van der Waals surface area contributed by atoms with E-state index in [0.29, 0.717) is 0 Å². The van der Waals surface area contributed by atoms with Crippen LogP contribution in [0.5, 0.6) is 0 Å². The van der Waals surface area contributed by atoms with Crippen molar-refractivity contribution >= 4 is 24.0 Å². The van der Waals surface area contributed by atoms with E-state index in [-0.39, 0.29) is 12.4 Å². The molecular weight excluding hydrogens is 193 g/mol. The Balaban J connectivity index is 0.00000121. The third-order valence-corrected chi connectivity index (χ3v) is 2.57. The molecule has 0 saturated carbocycles. The van der Waals surface area contributed by atoms with E-state index >= 15 is 0 Å². The summed E-state index contributed by atoms with van der Waals surface area (Å²) in [6, 6.07) is 0. The van der Waals surface area contributed by atoms with Crippen molar-refractivity contribution in [3.05, 3.63) is 0 Å². The molecule has 0 atom stereocenters. The lowest BCUT2D eigenvalue weighted by Gasteiger charge is -2.26. The molecule has 1 nitrogen and oxygen atoms in total. The number of unbranched alkanes of at least 4 members (excludes halogenated alkanes) is 1. The van der Waals surface area contributed by atoms with Gasteiger partial charge in [-0.2, -0.15) is 0 Å². The summed E-state index contributed by atoms with van der Waals surface area (Å²) >= 11 is 5.60. The van der Waals surface area contributed by atoms with E-state index in [4.69, 9.17) is 11.6 Å². The fraction of sp³-hybridized carbons (Fsp3) is 1.00. The summed E-state index contributed by atoms with van der Waals surface area (Å²) in [4.78, 5) is 2.57. The highest BCUT2D eigenvalue weighted by atomic mass is 35.5. The first kappa shape index (κ1) is 12.5. The molecule has 3 heteroatoms. The maximum Gasteiger partial charge on any atom is 0.0223 e. The van der Waals surface area contributed by atoms with Crippen LogP contribution < -0.4 is 0 Å². The standard InChI is InChI=1S/C9H18ClN.ClH/c10-6-2-5-9-11-7-3-1-4-8-11;/h1-9H2;1H. The summed E-state index contributed by atoms with van der Waals surface area (Å²) in [6.45, 7) is 3.91. The molecule has 0 bridgehead atoms. The van der Waals surface area contributed by atoms with Crippen LogP contribution in [0.15, 0.2) is 0 Å². The van der Waals surface area contributed by atoms with Gasteiger partial charge in [-0.15, -0.1) is 24.0 Å². The second-order valence-corrected chi connectivity index (χ2v) is 3.68. The van der Waals surface area contributed by atoms with Gasteiger partial charge in [0, 0.05) is 5.88 Å². The predicted octanol–water partition coefficient (Wildman–Crippen LogP) is 2.91. The second-order valence-electron chi connectivity index (χ2n) is 3.30. The van der Waals surface area contributed by atoms with E-state index in [1.165, 1.54) is 51.7 Å². The zero-order valence-electron chi connectivity index (χ0n) is 7.60. The van der Waals surface area contributed by atoms with Crippen molar-refractivity contribution in [2.75, 3.05) is 25.5 Å². The van der Waals surface area contributed by atoms with Gasteiger partial charge >= 0.3 is 0 Å². The van der Waals surface area contributed by atoms with Crippen LogP contribution in [0.3, 0.4) is 0 Å². The number of nitrogens with zero attached hydrogens (tertiary/aromatic N) is 1. The van der Waals surface area contributed by atoms with Gasteiger partial charge in [0.2, 0.25) is 0 Å². The number of halogens is 2. The molecule has 1 rings (SSSR count). The Hall–Kier alpha value is 0.540. The highest BCUT2D eigenvalue weighted by molar-refractivity contribution is 6.17. The largest absolute Gasteiger partial charge is 0.303 e. The van der Waals surface area contributed by atoms with Gasteiger partial charge in [0.15, 0.2) is 0 Å². The zero-order valence-corrected chi connectivity index (χ0v) is 9.17. The maximum atomic E-state index is 5.60. The molecule has 1 saturated heterocycles. The lowest BCUT2D eigenvalue weighted by atomic mass is 10.1. The summed E-state index contributed by atoms with van der Waals surface area (Å²) in [5.74, 6) is 0.827. The van der Waals surface area contributed by atoms with Crippen molar-refractivity contribution in [2.45, 2.75) is 32.1 Å². The first-order chi connectivity index (χ1) is 5.43. The Bertz CT molecular complexity index is 92.5. The molecule has 0 aromatic rings. The molecule has 0 N–H and O–H groups in total. The van der Waals surface area contributed by atoms with Gasteiger partial charge < -0.3 is 4.90 Å². The van der Waals surface area contributed by atoms with Gasteiger partial charge in [-0.3, -0.25) is 0 Å². The van der Waals surface area contributed by atoms with E-state index in [1.807, 2.05) is 0 Å². The van der Waals surface area contributed by atoms with Crippen molar-refractivity contribution in [1.29, 1.82) is 0 Å². The van der Waals surface area contributed by atoms with Crippen molar-refractivity contribution in [3.63, 3.8) is 0 Å². The number of rotatable bonds is 4. The lowest BCUT2D eigenvalue weighted by molar-refractivity contribution is 0.226. The molecule has 0 spiro atoms. The van der Waals surface area contributed by atoms with E-state index in [1.54, 1.807) is 0 Å². The van der Waals surface area contributed by atoms with Crippen LogP contribution in [0.4, 0.5) is 0 Å². The van der Waals surface area contributed by atoms with Crippen LogP contribution >= 0.6 is 24.0 Å². The molecule has 12 heavy (non-hydrogen) atoms. The zero-order chi connectivity index (χ0) is 7.94. The van der Waals surface area contributed by atoms with Gasteiger partial charge in [0.05, 0.1) is 0 Å². The van der Waals surface area contributed by atoms with Crippen molar-refractivity contribution in [1.82, 2.24) is 4.90 Å². The fourth-order valence-electron chi connectivity index (χ4n) is 1.61. The molecule has 1 aliphatic rings. The lowest BCUT2D eigenvalue weighted by Crippen LogP contribution is -2.30. The molecule has 0 aliphatic carbocycles. The number of piperidine rings is 1. The van der Waals surface area contributed by atoms with Crippen molar-refractivity contribution < 1.29 is 0 Å². The molecule has 0 amide bonds. The minimum Gasteiger partial charge on any atom is -0.303 e. The Labute approximate surface area is 86.9 Å². The molecule has 1 fully saturated rings. The molecule has 0 radical (unpaired) electrons. The number of hydrogen-bond donors (Lipinski definition) is 0. The average Bonchev–Trinajstić information content (AvgIpc) is 2.07. The van der Waals surface area contributed by atoms with E-state index in [2.05, 4.69) is 4.90 Å². The average molecular weight is 212 g/mol. The molecule has 1 heterocycles. The molecule has 0 aromatic carbocycles. The monoisotopic (exact) mass is 211 g/mol. The van der Waals surface area contributed by atoms with E-state index < -0.39 is 0 Å². The Morgan fingerprint density at radius 2 is 1.67 bits per heavy atom. The number of alkyl halides is 1. The molecule has 0 aromatic heterocycles. The van der Waals surface area contributed by atoms with E-state index in [0.717, 1.165) is 5.88 Å². The van der Waals surface area contributed by atoms with E-state index in [9.17, 15) is 0 Å². The Morgan fingerprint density at radius 3 is 2.25 bits per heavy atom. The van der Waals surface area contributed by atoms with Gasteiger partial charge in [-0.05, 0) is 45.3 Å². The summed E-state index contributed by atoms with van der Waals surface area (Å²) < 4.78 is 0. The first-order valence-corrected chi connectivity index (χ1v) is 5.25. The van der Waals surface area contributed by atoms with Gasteiger partial charge in [0.1, 0.15) is 0 Å². The first-order valence-electron chi connectivity index (χ1n) is 4.72. The highest BCUT2D eigenvalue weighted by Crippen LogP contribution is 2.09. The SMILES string of the molecule is Cl.ClCCCCN1CCCCC1. The smallest absolute Gasteiger partial charge is 0.0223 e. The molecule has 1 aliphatic heterocycles. The van der Waals surface area contributed by atoms with Crippen LogP contribution in [0.2, 0.25) is 0 Å². The molecular formula is C9H19Cl2N. The van der Waals surface area contributed by atoms with Gasteiger partial charge in [-0.25, -0.2) is 0 Å². The van der Waals surface area contributed by atoms with Crippen LogP contribution in [0, 0.1) is 0 Å². The summed E-state index contributed by atoms with van der Waals surface area (Å²) in [5.41, 5.74) is 0. The molecule has 74 valence electrons. The minimum absolute atomic E-state index is 0. The fourth-order valence-corrected chi connectivity index (χ4v) is 1.80. The third kappa shape index (κ3) is 5.23. The molecule has 0 unspecified atom stereocenters. The Kier molecular flexibility index (Phi) is 8.52. The highest BCUT2D eigenvalue weighted by Gasteiger charge is 2.08. The second kappa shape index (κ2) is 8.15.